The molecule has 1 aromatic carbocycles. The van der Waals surface area contributed by atoms with Gasteiger partial charge in [0.1, 0.15) is 11.9 Å². The molecule has 7 heteroatoms. The number of benzene rings is 1. The second kappa shape index (κ2) is 6.48. The summed E-state index contributed by atoms with van der Waals surface area (Å²) in [5.41, 5.74) is 0.498. The Morgan fingerprint density at radius 1 is 1.16 bits per heavy atom. The number of aliphatic carboxylic acids is 2. The summed E-state index contributed by atoms with van der Waals surface area (Å²) in [6.07, 6.45) is -0.853. The molecule has 19 heavy (non-hydrogen) atoms. The predicted molar refractivity (Wildman–Crippen MR) is 61.9 cm³/mol. The Hall–Kier alpha value is -2.44. The topological polar surface area (TPSA) is 104 Å². The van der Waals surface area contributed by atoms with E-state index in [9.17, 15) is 18.8 Å². The fourth-order valence-electron chi connectivity index (χ4n) is 1.41. The van der Waals surface area contributed by atoms with Crippen LogP contribution in [0.15, 0.2) is 24.3 Å². The van der Waals surface area contributed by atoms with Crippen molar-refractivity contribution < 1.29 is 29.0 Å². The normalized spacial score (nSPS) is 11.6. The molecule has 3 N–H and O–H groups in total. The zero-order chi connectivity index (χ0) is 14.4. The highest BCUT2D eigenvalue weighted by Gasteiger charge is 2.22. The van der Waals surface area contributed by atoms with Crippen LogP contribution in [0.4, 0.5) is 4.39 Å². The zero-order valence-electron chi connectivity index (χ0n) is 9.80. The lowest BCUT2D eigenvalue weighted by Crippen LogP contribution is -2.42. The van der Waals surface area contributed by atoms with Crippen LogP contribution in [0.1, 0.15) is 12.0 Å². The Morgan fingerprint density at radius 2 is 1.74 bits per heavy atom. The number of carboxylic acid groups (broad SMARTS) is 2. The van der Waals surface area contributed by atoms with Gasteiger partial charge >= 0.3 is 11.9 Å². The molecule has 0 unspecified atom stereocenters. The van der Waals surface area contributed by atoms with Crippen LogP contribution in [0.2, 0.25) is 0 Å². The first-order valence-corrected chi connectivity index (χ1v) is 5.37. The molecule has 0 radical (unpaired) electrons. The molecule has 0 saturated heterocycles. The van der Waals surface area contributed by atoms with Crippen LogP contribution >= 0.6 is 0 Å². The van der Waals surface area contributed by atoms with E-state index in [0.29, 0.717) is 5.56 Å². The average molecular weight is 269 g/mol. The Balaban J connectivity index is 2.59. The van der Waals surface area contributed by atoms with Crippen molar-refractivity contribution in [1.82, 2.24) is 5.32 Å². The van der Waals surface area contributed by atoms with Crippen LogP contribution in [-0.2, 0) is 20.8 Å². The number of hydrogen-bond acceptors (Lipinski definition) is 3. The summed E-state index contributed by atoms with van der Waals surface area (Å²) in [6.45, 7) is 0. The Labute approximate surface area is 107 Å². The molecule has 0 aliphatic heterocycles. The van der Waals surface area contributed by atoms with Gasteiger partial charge in [-0.2, -0.15) is 0 Å². The van der Waals surface area contributed by atoms with Gasteiger partial charge in [-0.3, -0.25) is 9.59 Å². The van der Waals surface area contributed by atoms with Gasteiger partial charge in [-0.25, -0.2) is 9.18 Å². The monoisotopic (exact) mass is 269 g/mol. The molecule has 102 valence electrons. The number of carbonyl (C=O) groups excluding carboxylic acids is 1. The molecule has 1 rings (SSSR count). The number of hydrogen-bond donors (Lipinski definition) is 3. The molecule has 1 atom stereocenters. The lowest BCUT2D eigenvalue weighted by Gasteiger charge is -2.12. The van der Waals surface area contributed by atoms with Crippen molar-refractivity contribution in [2.75, 3.05) is 0 Å². The number of halogens is 1. The second-order valence-corrected chi connectivity index (χ2v) is 3.86. The molecule has 1 amide bonds. The number of nitrogens with one attached hydrogen (secondary N) is 1. The van der Waals surface area contributed by atoms with Crippen molar-refractivity contribution in [3.05, 3.63) is 35.6 Å². The van der Waals surface area contributed by atoms with Crippen molar-refractivity contribution in [3.8, 4) is 0 Å². The van der Waals surface area contributed by atoms with E-state index >= 15 is 0 Å². The van der Waals surface area contributed by atoms with Gasteiger partial charge < -0.3 is 15.5 Å². The highest BCUT2D eigenvalue weighted by Crippen LogP contribution is 2.04. The maximum absolute atomic E-state index is 12.6. The summed E-state index contributed by atoms with van der Waals surface area (Å²) in [5.74, 6) is -3.83. The molecule has 0 bridgehead atoms. The fourth-order valence-corrected chi connectivity index (χ4v) is 1.41. The first-order chi connectivity index (χ1) is 8.88. The van der Waals surface area contributed by atoms with E-state index in [-0.39, 0.29) is 6.42 Å². The molecule has 0 heterocycles. The molecule has 0 aromatic heterocycles. The molecule has 0 aliphatic rings. The van der Waals surface area contributed by atoms with Gasteiger partial charge in [-0.15, -0.1) is 0 Å². The van der Waals surface area contributed by atoms with Gasteiger partial charge in [0.2, 0.25) is 5.91 Å². The molecule has 0 saturated carbocycles. The SMILES string of the molecule is O=C(O)C[C@@H](NC(=O)Cc1ccc(F)cc1)C(=O)O. The third-order valence-electron chi connectivity index (χ3n) is 2.29. The minimum absolute atomic E-state index is 0.149. The molecular formula is C12H12FNO5. The van der Waals surface area contributed by atoms with E-state index in [2.05, 4.69) is 5.32 Å². The van der Waals surface area contributed by atoms with Crippen LogP contribution in [-0.4, -0.2) is 34.1 Å². The van der Waals surface area contributed by atoms with Crippen molar-refractivity contribution in [3.63, 3.8) is 0 Å². The number of amides is 1. The van der Waals surface area contributed by atoms with E-state index in [0.717, 1.165) is 0 Å². The molecule has 0 aliphatic carbocycles. The third kappa shape index (κ3) is 5.15. The number of carbonyl (C=O) groups is 3. The Morgan fingerprint density at radius 3 is 2.21 bits per heavy atom. The third-order valence-corrected chi connectivity index (χ3v) is 2.29. The van der Waals surface area contributed by atoms with Crippen LogP contribution in [0.5, 0.6) is 0 Å². The fraction of sp³-hybridized carbons (Fsp3) is 0.250. The first kappa shape index (κ1) is 14.6. The summed E-state index contributed by atoms with van der Waals surface area (Å²) in [4.78, 5) is 32.7. The summed E-state index contributed by atoms with van der Waals surface area (Å²) < 4.78 is 12.6. The van der Waals surface area contributed by atoms with Crippen molar-refractivity contribution in [1.29, 1.82) is 0 Å². The van der Waals surface area contributed by atoms with Crippen molar-refractivity contribution >= 4 is 17.8 Å². The summed E-state index contributed by atoms with van der Waals surface area (Å²) in [5, 5.41) is 19.4. The maximum Gasteiger partial charge on any atom is 0.326 e. The van der Waals surface area contributed by atoms with Crippen molar-refractivity contribution in [2.45, 2.75) is 18.9 Å². The minimum Gasteiger partial charge on any atom is -0.481 e. The highest BCUT2D eigenvalue weighted by molar-refractivity contribution is 5.87. The van der Waals surface area contributed by atoms with Gasteiger partial charge in [0.05, 0.1) is 12.8 Å². The van der Waals surface area contributed by atoms with Crippen LogP contribution in [0, 0.1) is 5.82 Å². The first-order valence-electron chi connectivity index (χ1n) is 5.37. The summed E-state index contributed by atoms with van der Waals surface area (Å²) in [7, 11) is 0. The highest BCUT2D eigenvalue weighted by atomic mass is 19.1. The van der Waals surface area contributed by atoms with Crippen LogP contribution in [0.25, 0.3) is 0 Å². The van der Waals surface area contributed by atoms with E-state index in [1.165, 1.54) is 24.3 Å². The van der Waals surface area contributed by atoms with E-state index in [4.69, 9.17) is 10.2 Å². The van der Waals surface area contributed by atoms with Gasteiger partial charge in [-0.1, -0.05) is 12.1 Å². The standard InChI is InChI=1S/C12H12FNO5/c13-8-3-1-7(2-4-8)5-10(15)14-9(12(18)19)6-11(16)17/h1-4,9H,5-6H2,(H,14,15)(H,16,17)(H,18,19)/t9-/m1/s1. The Bertz CT molecular complexity index is 485. The summed E-state index contributed by atoms with van der Waals surface area (Å²) in [6, 6.07) is 3.65. The van der Waals surface area contributed by atoms with E-state index < -0.39 is 36.1 Å². The molecule has 1 aromatic rings. The minimum atomic E-state index is -1.48. The Kier molecular flexibility index (Phi) is 4.99. The van der Waals surface area contributed by atoms with Crippen LogP contribution in [0.3, 0.4) is 0 Å². The molecular weight excluding hydrogens is 257 g/mol. The lowest BCUT2D eigenvalue weighted by atomic mass is 10.1. The summed E-state index contributed by atoms with van der Waals surface area (Å²) >= 11 is 0. The van der Waals surface area contributed by atoms with Crippen LogP contribution < -0.4 is 5.32 Å². The predicted octanol–water partition coefficient (Wildman–Crippen LogP) is 0.412. The van der Waals surface area contributed by atoms with E-state index in [1.54, 1.807) is 0 Å². The average Bonchev–Trinajstić information content (AvgIpc) is 2.30. The molecule has 6 nitrogen and oxygen atoms in total. The number of rotatable bonds is 6. The van der Waals surface area contributed by atoms with E-state index in [1.807, 2.05) is 0 Å². The maximum atomic E-state index is 12.6. The van der Waals surface area contributed by atoms with Gasteiger partial charge in [0.15, 0.2) is 0 Å². The quantitative estimate of drug-likeness (QED) is 0.694. The van der Waals surface area contributed by atoms with Gasteiger partial charge in [-0.05, 0) is 17.7 Å². The second-order valence-electron chi connectivity index (χ2n) is 3.86. The lowest BCUT2D eigenvalue weighted by molar-refractivity contribution is -0.147. The van der Waals surface area contributed by atoms with Gasteiger partial charge in [0, 0.05) is 0 Å². The van der Waals surface area contributed by atoms with Crippen molar-refractivity contribution in [2.24, 2.45) is 0 Å². The smallest absolute Gasteiger partial charge is 0.326 e. The zero-order valence-corrected chi connectivity index (χ0v) is 9.80. The molecule has 0 fully saturated rings. The molecule has 0 spiro atoms. The largest absolute Gasteiger partial charge is 0.481 e. The van der Waals surface area contributed by atoms with Gasteiger partial charge in [0.25, 0.3) is 0 Å². The number of carboxylic acids is 2.